The third kappa shape index (κ3) is 6.78. The number of ether oxygens (including phenoxy) is 1. The number of carbonyl (C=O) groups excluding carboxylic acids is 1. The molecule has 0 heterocycles. The van der Waals surface area contributed by atoms with Gasteiger partial charge in [0.15, 0.2) is 0 Å². The number of alkyl carbamates (subject to hydrolysis) is 1. The average molecular weight is 220 g/mol. The Kier molecular flexibility index (Phi) is 5.62. The Morgan fingerprint density at radius 1 is 1.64 bits per heavy atom. The summed E-state index contributed by atoms with van der Waals surface area (Å²) in [6.07, 6.45) is 1.29. The fourth-order valence-electron chi connectivity index (χ4n) is 0.729. The van der Waals surface area contributed by atoms with Crippen LogP contribution in [0.25, 0.3) is 0 Å². The number of hydrogen-bond donors (Lipinski definition) is 1. The highest BCUT2D eigenvalue weighted by Gasteiger charge is 2.16. The highest BCUT2D eigenvalue weighted by atomic mass is 35.5. The molecule has 0 aromatic heterocycles. The molecule has 0 aliphatic heterocycles. The fourth-order valence-corrected chi connectivity index (χ4v) is 0.965. The molecule has 0 aromatic carbocycles. The quantitative estimate of drug-likeness (QED) is 0.583. The molecule has 14 heavy (non-hydrogen) atoms. The van der Waals surface area contributed by atoms with Crippen LogP contribution in [0.4, 0.5) is 4.79 Å². The fraction of sp³-hybridized carbons (Fsp3) is 0.700. The van der Waals surface area contributed by atoms with Crippen molar-refractivity contribution >= 4 is 17.7 Å². The molecule has 0 rings (SSSR count). The molecule has 1 N–H and O–H groups in total. The summed E-state index contributed by atoms with van der Waals surface area (Å²) >= 11 is 5.62. The first-order valence-corrected chi connectivity index (χ1v) is 5.08. The van der Waals surface area contributed by atoms with Gasteiger partial charge in [0.25, 0.3) is 0 Å². The van der Waals surface area contributed by atoms with E-state index in [1.165, 1.54) is 0 Å². The monoisotopic (exact) mass is 219 g/mol. The molecule has 1 amide bonds. The maximum Gasteiger partial charge on any atom is 0.407 e. The average Bonchev–Trinajstić information content (AvgIpc) is 2.03. The minimum atomic E-state index is -0.464. The molecule has 82 valence electrons. The zero-order valence-electron chi connectivity index (χ0n) is 8.97. The zero-order valence-corrected chi connectivity index (χ0v) is 9.73. The Balaban J connectivity index is 3.79. The van der Waals surface area contributed by atoms with E-state index in [2.05, 4.69) is 11.9 Å². The number of nitrogens with one attached hydrogen (secondary N) is 1. The summed E-state index contributed by atoms with van der Waals surface area (Å²) in [5, 5.41) is 2.62. The minimum Gasteiger partial charge on any atom is -0.444 e. The van der Waals surface area contributed by atoms with Crippen LogP contribution in [0.15, 0.2) is 12.7 Å². The number of amides is 1. The number of alkyl halides is 1. The summed E-state index contributed by atoms with van der Waals surface area (Å²) in [6, 6.07) is 0. The van der Waals surface area contributed by atoms with Crippen molar-refractivity contribution in [2.24, 2.45) is 5.92 Å². The maximum absolute atomic E-state index is 11.2. The van der Waals surface area contributed by atoms with Gasteiger partial charge >= 0.3 is 6.09 Å². The lowest BCUT2D eigenvalue weighted by Gasteiger charge is -2.20. The van der Waals surface area contributed by atoms with Gasteiger partial charge in [0.05, 0.1) is 0 Å². The molecule has 0 bridgehead atoms. The van der Waals surface area contributed by atoms with Gasteiger partial charge < -0.3 is 10.1 Å². The minimum absolute atomic E-state index is 0.0872. The highest BCUT2D eigenvalue weighted by molar-refractivity contribution is 6.18. The van der Waals surface area contributed by atoms with E-state index in [1.807, 2.05) is 20.8 Å². The molecule has 0 aliphatic rings. The summed E-state index contributed by atoms with van der Waals surface area (Å²) in [5.74, 6) is 0.531. The molecule has 0 saturated carbocycles. The third-order valence-electron chi connectivity index (χ3n) is 1.44. The van der Waals surface area contributed by atoms with Gasteiger partial charge in [0.2, 0.25) is 0 Å². The van der Waals surface area contributed by atoms with Crippen molar-refractivity contribution in [2.45, 2.75) is 26.4 Å². The number of rotatable bonds is 4. The smallest absolute Gasteiger partial charge is 0.407 e. The lowest BCUT2D eigenvalue weighted by Crippen LogP contribution is -2.35. The van der Waals surface area contributed by atoms with Gasteiger partial charge in [-0.15, -0.1) is 18.2 Å². The normalized spacial score (nSPS) is 13.1. The molecule has 0 radical (unpaired) electrons. The van der Waals surface area contributed by atoms with Crippen LogP contribution in [-0.2, 0) is 4.74 Å². The zero-order chi connectivity index (χ0) is 11.2. The first kappa shape index (κ1) is 13.3. The molecule has 4 heteroatoms. The Morgan fingerprint density at radius 3 is 2.57 bits per heavy atom. The molecule has 0 spiro atoms. The van der Waals surface area contributed by atoms with E-state index in [-0.39, 0.29) is 5.92 Å². The van der Waals surface area contributed by atoms with E-state index >= 15 is 0 Å². The van der Waals surface area contributed by atoms with E-state index in [1.54, 1.807) is 6.08 Å². The van der Waals surface area contributed by atoms with Gasteiger partial charge in [-0.1, -0.05) is 6.08 Å². The summed E-state index contributed by atoms with van der Waals surface area (Å²) < 4.78 is 5.05. The molecule has 1 atom stereocenters. The Labute approximate surface area is 90.5 Å². The van der Waals surface area contributed by atoms with Gasteiger partial charge in [0.1, 0.15) is 5.60 Å². The molecule has 0 saturated heterocycles. The summed E-state index contributed by atoms with van der Waals surface area (Å²) in [7, 11) is 0. The topological polar surface area (TPSA) is 38.3 Å². The van der Waals surface area contributed by atoms with Gasteiger partial charge in [-0.2, -0.15) is 0 Å². The van der Waals surface area contributed by atoms with E-state index in [0.29, 0.717) is 12.4 Å². The maximum atomic E-state index is 11.2. The predicted octanol–water partition coefficient (Wildman–Crippen LogP) is 2.55. The first-order valence-electron chi connectivity index (χ1n) is 4.54. The van der Waals surface area contributed by atoms with Crippen molar-refractivity contribution in [3.05, 3.63) is 12.7 Å². The second-order valence-corrected chi connectivity index (χ2v) is 4.34. The van der Waals surface area contributed by atoms with Crippen LogP contribution in [0, 0.1) is 5.92 Å². The van der Waals surface area contributed by atoms with Crippen molar-refractivity contribution in [3.8, 4) is 0 Å². The van der Waals surface area contributed by atoms with Crippen LogP contribution in [-0.4, -0.2) is 24.1 Å². The molecular formula is C10H18ClNO2. The molecule has 0 unspecified atom stereocenters. The molecular weight excluding hydrogens is 202 g/mol. The van der Waals surface area contributed by atoms with Crippen LogP contribution in [0.3, 0.4) is 0 Å². The molecule has 3 nitrogen and oxygen atoms in total. The van der Waals surface area contributed by atoms with E-state index in [0.717, 1.165) is 0 Å². The van der Waals surface area contributed by atoms with E-state index < -0.39 is 11.7 Å². The molecule has 0 fully saturated rings. The molecule has 0 aromatic rings. The lowest BCUT2D eigenvalue weighted by atomic mass is 10.2. The number of carbonyl (C=O) groups is 1. The van der Waals surface area contributed by atoms with Crippen molar-refractivity contribution in [2.75, 3.05) is 12.4 Å². The SMILES string of the molecule is C=C[C@H](CCl)CNC(=O)OC(C)(C)C. The summed E-state index contributed by atoms with van der Waals surface area (Å²) in [5.41, 5.74) is -0.464. The predicted molar refractivity (Wildman–Crippen MR) is 58.6 cm³/mol. The second kappa shape index (κ2) is 5.91. The largest absolute Gasteiger partial charge is 0.444 e. The van der Waals surface area contributed by atoms with Crippen LogP contribution >= 0.6 is 11.6 Å². The standard InChI is InChI=1S/C10H18ClNO2/c1-5-8(6-11)7-12-9(13)14-10(2,3)4/h5,8H,1,6-7H2,2-4H3,(H,12,13)/t8-/m1/s1. The summed E-state index contributed by atoms with van der Waals surface area (Å²) in [6.45, 7) is 9.52. The number of hydrogen-bond acceptors (Lipinski definition) is 2. The van der Waals surface area contributed by atoms with Gasteiger partial charge in [-0.05, 0) is 20.8 Å². The Hall–Kier alpha value is -0.700. The van der Waals surface area contributed by atoms with E-state index in [4.69, 9.17) is 16.3 Å². The van der Waals surface area contributed by atoms with Gasteiger partial charge in [-0.25, -0.2) is 4.79 Å². The second-order valence-electron chi connectivity index (χ2n) is 4.03. The third-order valence-corrected chi connectivity index (χ3v) is 1.84. The Bertz CT molecular complexity index is 199. The van der Waals surface area contributed by atoms with E-state index in [9.17, 15) is 4.79 Å². The van der Waals surface area contributed by atoms with Crippen LogP contribution in [0.2, 0.25) is 0 Å². The Morgan fingerprint density at radius 2 is 2.21 bits per heavy atom. The van der Waals surface area contributed by atoms with Crippen molar-refractivity contribution < 1.29 is 9.53 Å². The van der Waals surface area contributed by atoms with Crippen LogP contribution in [0.1, 0.15) is 20.8 Å². The van der Waals surface area contributed by atoms with Gasteiger partial charge in [-0.3, -0.25) is 0 Å². The molecule has 0 aliphatic carbocycles. The van der Waals surface area contributed by atoms with Crippen molar-refractivity contribution in [1.82, 2.24) is 5.32 Å². The number of halogens is 1. The highest BCUT2D eigenvalue weighted by Crippen LogP contribution is 2.07. The van der Waals surface area contributed by atoms with Crippen molar-refractivity contribution in [1.29, 1.82) is 0 Å². The summed E-state index contributed by atoms with van der Waals surface area (Å²) in [4.78, 5) is 11.2. The van der Waals surface area contributed by atoms with Gasteiger partial charge in [0, 0.05) is 18.3 Å². The lowest BCUT2D eigenvalue weighted by molar-refractivity contribution is 0.0524. The first-order chi connectivity index (χ1) is 6.39. The van der Waals surface area contributed by atoms with Crippen LogP contribution < -0.4 is 5.32 Å². The van der Waals surface area contributed by atoms with Crippen molar-refractivity contribution in [3.63, 3.8) is 0 Å². The van der Waals surface area contributed by atoms with Crippen LogP contribution in [0.5, 0.6) is 0 Å².